The van der Waals surface area contributed by atoms with E-state index in [2.05, 4.69) is 32.9 Å². The molecule has 232 valence electrons. The van der Waals surface area contributed by atoms with Gasteiger partial charge in [-0.05, 0) is 48.2 Å². The monoisotopic (exact) mass is 616 g/mol. The second-order valence-corrected chi connectivity index (χ2v) is 11.7. The van der Waals surface area contributed by atoms with E-state index in [1.165, 1.54) is 6.20 Å². The number of hydrogen-bond donors (Lipinski definition) is 1. The number of carboxylic acids is 1. The maximum atomic E-state index is 12.3. The van der Waals surface area contributed by atoms with Crippen molar-refractivity contribution in [3.63, 3.8) is 0 Å². The molecule has 0 unspecified atom stereocenters. The van der Waals surface area contributed by atoms with Crippen molar-refractivity contribution in [1.82, 2.24) is 24.1 Å². The van der Waals surface area contributed by atoms with Gasteiger partial charge in [0.2, 0.25) is 0 Å². The fourth-order valence-corrected chi connectivity index (χ4v) is 6.42. The van der Waals surface area contributed by atoms with Crippen LogP contribution in [0.2, 0.25) is 0 Å². The Morgan fingerprint density at radius 3 is 2.63 bits per heavy atom. The third-order valence-electron chi connectivity index (χ3n) is 8.89. The minimum atomic E-state index is -1.09. The van der Waals surface area contributed by atoms with Crippen molar-refractivity contribution in [1.29, 1.82) is 0 Å². The van der Waals surface area contributed by atoms with Crippen LogP contribution in [0.3, 0.4) is 0 Å². The summed E-state index contributed by atoms with van der Waals surface area (Å²) in [7, 11) is 1.64. The molecule has 11 nitrogen and oxygen atoms in total. The Kier molecular flexibility index (Phi) is 7.02. The molecule has 5 heterocycles. The number of nitrogens with zero attached hydrogens (tertiary/aromatic N) is 6. The number of aromatic carboxylic acids is 1. The molecule has 1 fully saturated rings. The van der Waals surface area contributed by atoms with Gasteiger partial charge in [-0.15, -0.1) is 0 Å². The standard InChI is InChI=1S/C35H32N6O5/c1-44-25-11-9-22(10-12-25)19-39-14-15-45-31-30(38-33-28(35(42)43)18-37-41(33)34(31)39)29-20-40(32-27(29)8-5-13-36-32)24-16-26(17-24)46-21-23-6-3-2-4-7-23/h2-13,18,20,24,26H,14-17,19,21H2,1H3,(H,42,43). The molecule has 1 aliphatic carbocycles. The third-order valence-corrected chi connectivity index (χ3v) is 8.89. The lowest BCUT2D eigenvalue weighted by molar-refractivity contribution is -0.0347. The quantitative estimate of drug-likeness (QED) is 0.216. The fraction of sp³-hybridized carbons (Fsp3) is 0.257. The van der Waals surface area contributed by atoms with Crippen LogP contribution in [-0.4, -0.2) is 61.6 Å². The summed E-state index contributed by atoms with van der Waals surface area (Å²) in [4.78, 5) is 24.1. The lowest BCUT2D eigenvalue weighted by Crippen LogP contribution is -2.34. The van der Waals surface area contributed by atoms with Crippen LogP contribution >= 0.6 is 0 Å². The second kappa shape index (κ2) is 11.5. The number of pyridine rings is 1. The minimum Gasteiger partial charge on any atom is -0.497 e. The van der Waals surface area contributed by atoms with Crippen LogP contribution in [0.4, 0.5) is 5.82 Å². The van der Waals surface area contributed by atoms with E-state index in [9.17, 15) is 9.90 Å². The maximum Gasteiger partial charge on any atom is 0.341 e. The summed E-state index contributed by atoms with van der Waals surface area (Å²) in [5, 5.41) is 15.4. The number of carbonyl (C=O) groups is 1. The van der Waals surface area contributed by atoms with Gasteiger partial charge in [-0.25, -0.2) is 14.8 Å². The molecule has 0 amide bonds. The molecular weight excluding hydrogens is 584 g/mol. The van der Waals surface area contributed by atoms with Crippen LogP contribution in [0.5, 0.6) is 11.5 Å². The number of aromatic nitrogens is 5. The Labute approximate surface area is 264 Å². The van der Waals surface area contributed by atoms with Gasteiger partial charge in [0.25, 0.3) is 0 Å². The molecule has 4 aromatic heterocycles. The number of ether oxygens (including phenoxy) is 3. The number of carboxylic acid groups (broad SMARTS) is 1. The Hall–Kier alpha value is -5.42. The van der Waals surface area contributed by atoms with Crippen LogP contribution in [0.15, 0.2) is 85.3 Å². The molecule has 0 bridgehead atoms. The third kappa shape index (κ3) is 4.89. The molecule has 1 N–H and O–H groups in total. The molecule has 0 atom stereocenters. The number of hydrogen-bond acceptors (Lipinski definition) is 8. The molecule has 6 aromatic rings. The number of benzene rings is 2. The van der Waals surface area contributed by atoms with Gasteiger partial charge in [-0.3, -0.25) is 0 Å². The predicted octanol–water partition coefficient (Wildman–Crippen LogP) is 5.77. The zero-order chi connectivity index (χ0) is 31.2. The zero-order valence-electron chi connectivity index (χ0n) is 25.2. The Bertz CT molecular complexity index is 2050. The summed E-state index contributed by atoms with van der Waals surface area (Å²) in [5.74, 6) is 0.918. The smallest absolute Gasteiger partial charge is 0.341 e. The van der Waals surface area contributed by atoms with Crippen LogP contribution in [0.1, 0.15) is 40.4 Å². The van der Waals surface area contributed by atoms with E-state index in [0.717, 1.165) is 46.3 Å². The second-order valence-electron chi connectivity index (χ2n) is 11.7. The van der Waals surface area contributed by atoms with E-state index in [1.54, 1.807) is 17.8 Å². The first-order valence-corrected chi connectivity index (χ1v) is 15.3. The normalized spacial score (nSPS) is 17.5. The largest absolute Gasteiger partial charge is 0.497 e. The molecule has 0 radical (unpaired) electrons. The van der Waals surface area contributed by atoms with Crippen molar-refractivity contribution >= 4 is 28.5 Å². The van der Waals surface area contributed by atoms with Crippen molar-refractivity contribution in [2.24, 2.45) is 0 Å². The SMILES string of the molecule is COc1ccc(CN2CCOc3c(-c4cn(C5CC(OCc6ccccc6)C5)c5ncccc45)nc4c(C(=O)O)cnn4c32)cc1. The Morgan fingerprint density at radius 1 is 1.02 bits per heavy atom. The Balaban J connectivity index is 1.19. The van der Waals surface area contributed by atoms with Crippen molar-refractivity contribution in [3.8, 4) is 22.8 Å². The minimum absolute atomic E-state index is 0.0262. The van der Waals surface area contributed by atoms with Crippen LogP contribution in [0.25, 0.3) is 27.9 Å². The molecule has 1 saturated carbocycles. The topological polar surface area (TPSA) is 116 Å². The van der Waals surface area contributed by atoms with Crippen molar-refractivity contribution in [2.45, 2.75) is 38.1 Å². The van der Waals surface area contributed by atoms with Gasteiger partial charge in [0.05, 0.1) is 32.6 Å². The first kappa shape index (κ1) is 28.1. The predicted molar refractivity (Wildman–Crippen MR) is 172 cm³/mol. The number of methoxy groups -OCH3 is 1. The van der Waals surface area contributed by atoms with Gasteiger partial charge in [0.15, 0.2) is 17.2 Å². The van der Waals surface area contributed by atoms with E-state index >= 15 is 0 Å². The molecular formula is C35H32N6O5. The summed E-state index contributed by atoms with van der Waals surface area (Å²) in [6.07, 6.45) is 7.13. The highest BCUT2D eigenvalue weighted by Gasteiger charge is 2.35. The van der Waals surface area contributed by atoms with Gasteiger partial charge >= 0.3 is 5.97 Å². The molecule has 46 heavy (non-hydrogen) atoms. The zero-order valence-corrected chi connectivity index (χ0v) is 25.2. The number of anilines is 1. The molecule has 2 aliphatic rings. The lowest BCUT2D eigenvalue weighted by atomic mass is 9.89. The summed E-state index contributed by atoms with van der Waals surface area (Å²) < 4.78 is 21.7. The average Bonchev–Trinajstić information content (AvgIpc) is 3.67. The summed E-state index contributed by atoms with van der Waals surface area (Å²) in [6.45, 7) is 2.19. The van der Waals surface area contributed by atoms with Crippen LogP contribution < -0.4 is 14.4 Å². The summed E-state index contributed by atoms with van der Waals surface area (Å²) in [6, 6.07) is 22.3. The molecule has 0 saturated heterocycles. The first-order chi connectivity index (χ1) is 22.6. The molecule has 0 spiro atoms. The van der Waals surface area contributed by atoms with Gasteiger partial charge in [0, 0.05) is 35.9 Å². The van der Waals surface area contributed by atoms with Crippen LogP contribution in [-0.2, 0) is 17.9 Å². The summed E-state index contributed by atoms with van der Waals surface area (Å²) in [5.41, 5.74) is 4.76. The van der Waals surface area contributed by atoms with Gasteiger partial charge in [0.1, 0.15) is 29.3 Å². The summed E-state index contributed by atoms with van der Waals surface area (Å²) >= 11 is 0. The fourth-order valence-electron chi connectivity index (χ4n) is 6.42. The number of fused-ring (bicyclic) bond motifs is 4. The van der Waals surface area contributed by atoms with Crippen molar-refractivity contribution in [3.05, 3.63) is 102 Å². The van der Waals surface area contributed by atoms with E-state index < -0.39 is 5.97 Å². The van der Waals surface area contributed by atoms with E-state index in [1.807, 2.05) is 54.6 Å². The molecule has 2 aromatic carbocycles. The Morgan fingerprint density at radius 2 is 1.85 bits per heavy atom. The number of rotatable bonds is 9. The van der Waals surface area contributed by atoms with E-state index in [4.69, 9.17) is 24.2 Å². The lowest BCUT2D eigenvalue weighted by Gasteiger charge is -2.36. The van der Waals surface area contributed by atoms with Crippen LogP contribution in [0, 0.1) is 0 Å². The average molecular weight is 617 g/mol. The van der Waals surface area contributed by atoms with E-state index in [-0.39, 0.29) is 23.4 Å². The molecule has 11 heteroatoms. The highest BCUT2D eigenvalue weighted by Crippen LogP contribution is 2.45. The maximum absolute atomic E-state index is 12.3. The van der Waals surface area contributed by atoms with E-state index in [0.29, 0.717) is 43.6 Å². The van der Waals surface area contributed by atoms with Crippen molar-refractivity contribution in [2.75, 3.05) is 25.2 Å². The molecule has 1 aliphatic heterocycles. The first-order valence-electron chi connectivity index (χ1n) is 15.3. The van der Waals surface area contributed by atoms with Gasteiger partial charge in [-0.1, -0.05) is 42.5 Å². The van der Waals surface area contributed by atoms with Gasteiger partial charge in [-0.2, -0.15) is 9.61 Å². The highest BCUT2D eigenvalue weighted by atomic mass is 16.5. The molecule has 8 rings (SSSR count). The van der Waals surface area contributed by atoms with Gasteiger partial charge < -0.3 is 28.8 Å². The highest BCUT2D eigenvalue weighted by molar-refractivity contribution is 5.99. The van der Waals surface area contributed by atoms with Crippen molar-refractivity contribution < 1.29 is 24.1 Å².